The molecule has 2 aromatic carbocycles. The van der Waals surface area contributed by atoms with Crippen molar-refractivity contribution in [2.75, 3.05) is 18.1 Å². The smallest absolute Gasteiger partial charge is 0.281 e. The zero-order valence-corrected chi connectivity index (χ0v) is 15.8. The second kappa shape index (κ2) is 8.51. The Bertz CT molecular complexity index is 873. The van der Waals surface area contributed by atoms with E-state index in [2.05, 4.69) is 11.9 Å². The van der Waals surface area contributed by atoms with Crippen LogP contribution in [0, 0.1) is 0 Å². The Kier molecular flexibility index (Phi) is 5.88. The summed E-state index contributed by atoms with van der Waals surface area (Å²) in [5.74, 6) is 1.30. The number of thiocarbonyl (C=S) groups is 1. The molecular weight excluding hydrogens is 360 g/mol. The van der Waals surface area contributed by atoms with Crippen LogP contribution in [-0.4, -0.2) is 24.2 Å². The summed E-state index contributed by atoms with van der Waals surface area (Å²) in [6.07, 6.45) is 3.45. The molecule has 3 rings (SSSR count). The summed E-state index contributed by atoms with van der Waals surface area (Å²) in [6.45, 7) is 6.58. The van der Waals surface area contributed by atoms with E-state index < -0.39 is 0 Å². The first kappa shape index (κ1) is 18.7. The van der Waals surface area contributed by atoms with Gasteiger partial charge < -0.3 is 14.8 Å². The molecule has 0 aromatic heterocycles. The van der Waals surface area contributed by atoms with E-state index in [0.29, 0.717) is 29.7 Å². The van der Waals surface area contributed by atoms with Crippen molar-refractivity contribution in [1.82, 2.24) is 5.32 Å². The minimum atomic E-state index is -0.198. The third-order valence-electron chi connectivity index (χ3n) is 3.84. The van der Waals surface area contributed by atoms with Crippen LogP contribution in [0.25, 0.3) is 6.08 Å². The van der Waals surface area contributed by atoms with Crippen LogP contribution in [0.5, 0.6) is 11.5 Å². The molecule has 1 saturated heterocycles. The summed E-state index contributed by atoms with van der Waals surface area (Å²) in [5, 5.41) is 3.33. The van der Waals surface area contributed by atoms with Crippen molar-refractivity contribution in [3.05, 3.63) is 72.4 Å². The normalized spacial score (nSPS) is 15.0. The molecule has 0 saturated carbocycles. The lowest BCUT2D eigenvalue weighted by Crippen LogP contribution is -2.30. The van der Waals surface area contributed by atoms with E-state index in [1.165, 1.54) is 4.90 Å². The number of carbonyl (C=O) groups is 1. The number of anilines is 1. The Morgan fingerprint density at radius 2 is 1.70 bits per heavy atom. The van der Waals surface area contributed by atoms with E-state index in [-0.39, 0.29) is 5.91 Å². The van der Waals surface area contributed by atoms with Gasteiger partial charge in [0, 0.05) is 0 Å². The minimum Gasteiger partial charge on any atom is -0.494 e. The van der Waals surface area contributed by atoms with Crippen molar-refractivity contribution in [2.24, 2.45) is 0 Å². The van der Waals surface area contributed by atoms with Gasteiger partial charge in [0.05, 0.1) is 12.3 Å². The number of hydrogen-bond donors (Lipinski definition) is 1. The van der Waals surface area contributed by atoms with Gasteiger partial charge in [0.25, 0.3) is 5.91 Å². The van der Waals surface area contributed by atoms with Crippen molar-refractivity contribution in [3.8, 4) is 11.5 Å². The lowest BCUT2D eigenvalue weighted by Gasteiger charge is -2.14. The molecule has 0 aliphatic carbocycles. The van der Waals surface area contributed by atoms with Gasteiger partial charge in [0.15, 0.2) is 5.11 Å². The summed E-state index contributed by atoms with van der Waals surface area (Å²) in [4.78, 5) is 14.3. The summed E-state index contributed by atoms with van der Waals surface area (Å²) < 4.78 is 10.9. The molecular formula is C21H20N2O3S. The first-order chi connectivity index (χ1) is 13.1. The lowest BCUT2D eigenvalue weighted by atomic mass is 10.2. The SMILES string of the molecule is C=CCOc1ccc(C=C2NC(=S)N(c3ccc(OCC)cc3)C2=O)cc1. The highest BCUT2D eigenvalue weighted by Crippen LogP contribution is 2.25. The van der Waals surface area contributed by atoms with Gasteiger partial charge in [-0.2, -0.15) is 0 Å². The van der Waals surface area contributed by atoms with Crippen LogP contribution in [0.1, 0.15) is 12.5 Å². The third kappa shape index (κ3) is 4.35. The quantitative estimate of drug-likeness (QED) is 0.448. The molecule has 0 unspecified atom stereocenters. The summed E-state index contributed by atoms with van der Waals surface area (Å²) >= 11 is 5.34. The molecule has 0 atom stereocenters. The van der Waals surface area contributed by atoms with Gasteiger partial charge in [-0.05, 0) is 67.2 Å². The third-order valence-corrected chi connectivity index (χ3v) is 4.13. The molecule has 1 aliphatic rings. The topological polar surface area (TPSA) is 50.8 Å². The van der Waals surface area contributed by atoms with E-state index in [1.807, 2.05) is 55.5 Å². The highest BCUT2D eigenvalue weighted by Gasteiger charge is 2.31. The van der Waals surface area contributed by atoms with Gasteiger partial charge in [-0.1, -0.05) is 24.8 Å². The first-order valence-corrected chi connectivity index (χ1v) is 8.97. The molecule has 1 aliphatic heterocycles. The summed E-state index contributed by atoms with van der Waals surface area (Å²) in [6, 6.07) is 14.7. The zero-order valence-electron chi connectivity index (χ0n) is 15.0. The van der Waals surface area contributed by atoms with Crippen molar-refractivity contribution in [1.29, 1.82) is 0 Å². The molecule has 0 radical (unpaired) electrons. The van der Waals surface area contributed by atoms with E-state index in [4.69, 9.17) is 21.7 Å². The van der Waals surface area contributed by atoms with E-state index >= 15 is 0 Å². The monoisotopic (exact) mass is 380 g/mol. The molecule has 27 heavy (non-hydrogen) atoms. The molecule has 1 fully saturated rings. The van der Waals surface area contributed by atoms with E-state index in [9.17, 15) is 4.79 Å². The second-order valence-electron chi connectivity index (χ2n) is 5.72. The molecule has 0 spiro atoms. The van der Waals surface area contributed by atoms with Crippen LogP contribution in [0.4, 0.5) is 5.69 Å². The number of nitrogens with zero attached hydrogens (tertiary/aromatic N) is 1. The number of benzene rings is 2. The number of hydrogen-bond acceptors (Lipinski definition) is 4. The fourth-order valence-corrected chi connectivity index (χ4v) is 2.91. The van der Waals surface area contributed by atoms with Crippen molar-refractivity contribution >= 4 is 35.0 Å². The maximum atomic E-state index is 12.8. The Balaban J connectivity index is 1.76. The molecule has 1 N–H and O–H groups in total. The Hall–Kier alpha value is -3.12. The van der Waals surface area contributed by atoms with Gasteiger partial charge in [0.1, 0.15) is 23.8 Å². The number of rotatable bonds is 7. The van der Waals surface area contributed by atoms with Crippen LogP contribution in [0.15, 0.2) is 66.9 Å². The number of carbonyl (C=O) groups excluding carboxylic acids is 1. The Labute approximate surface area is 163 Å². The maximum Gasteiger partial charge on any atom is 0.281 e. The predicted octanol–water partition coefficient (Wildman–Crippen LogP) is 3.91. The van der Waals surface area contributed by atoms with Crippen LogP contribution in [-0.2, 0) is 4.79 Å². The van der Waals surface area contributed by atoms with Gasteiger partial charge in [0.2, 0.25) is 0 Å². The molecule has 1 heterocycles. The number of nitrogens with one attached hydrogen (secondary N) is 1. The summed E-state index contributed by atoms with van der Waals surface area (Å²) in [5.41, 5.74) is 1.99. The van der Waals surface area contributed by atoms with Crippen molar-refractivity contribution < 1.29 is 14.3 Å². The highest BCUT2D eigenvalue weighted by molar-refractivity contribution is 7.80. The largest absolute Gasteiger partial charge is 0.494 e. The molecule has 138 valence electrons. The van der Waals surface area contributed by atoms with Crippen LogP contribution in [0.2, 0.25) is 0 Å². The first-order valence-electron chi connectivity index (χ1n) is 8.56. The zero-order chi connectivity index (χ0) is 19.2. The minimum absolute atomic E-state index is 0.198. The molecule has 0 bridgehead atoms. The maximum absolute atomic E-state index is 12.8. The molecule has 5 nitrogen and oxygen atoms in total. The van der Waals surface area contributed by atoms with Crippen molar-refractivity contribution in [3.63, 3.8) is 0 Å². The predicted molar refractivity (Wildman–Crippen MR) is 111 cm³/mol. The lowest BCUT2D eigenvalue weighted by molar-refractivity contribution is -0.113. The van der Waals surface area contributed by atoms with Crippen LogP contribution in [0.3, 0.4) is 0 Å². The summed E-state index contributed by atoms with van der Waals surface area (Å²) in [7, 11) is 0. The Morgan fingerprint density at radius 3 is 2.33 bits per heavy atom. The fourth-order valence-electron chi connectivity index (χ4n) is 2.61. The number of amides is 1. The standard InChI is InChI=1S/C21H20N2O3S/c1-3-13-26-18-9-5-15(6-10-18)14-19-20(24)23(21(27)22-19)16-7-11-17(12-8-16)25-4-2/h3,5-12,14H,1,4,13H2,2H3,(H,22,27). The van der Waals surface area contributed by atoms with Crippen molar-refractivity contribution in [2.45, 2.75) is 6.92 Å². The van der Waals surface area contributed by atoms with Crippen LogP contribution < -0.4 is 19.7 Å². The molecule has 1 amide bonds. The van der Waals surface area contributed by atoms with Gasteiger partial charge >= 0.3 is 0 Å². The molecule has 2 aromatic rings. The average molecular weight is 380 g/mol. The Morgan fingerprint density at radius 1 is 1.07 bits per heavy atom. The van der Waals surface area contributed by atoms with Gasteiger partial charge in [-0.25, -0.2) is 0 Å². The highest BCUT2D eigenvalue weighted by atomic mass is 32.1. The second-order valence-corrected chi connectivity index (χ2v) is 6.11. The average Bonchev–Trinajstić information content (AvgIpc) is 2.95. The molecule has 6 heteroatoms. The number of ether oxygens (including phenoxy) is 2. The van der Waals surface area contributed by atoms with E-state index in [1.54, 1.807) is 12.2 Å². The van der Waals surface area contributed by atoms with Gasteiger partial charge in [-0.15, -0.1) is 0 Å². The van der Waals surface area contributed by atoms with Crippen LogP contribution >= 0.6 is 12.2 Å². The fraction of sp³-hybridized carbons (Fsp3) is 0.143. The van der Waals surface area contributed by atoms with Gasteiger partial charge in [-0.3, -0.25) is 9.69 Å². The van der Waals surface area contributed by atoms with E-state index in [0.717, 1.165) is 17.1 Å².